The van der Waals surface area contributed by atoms with Crippen LogP contribution in [0.2, 0.25) is 10.0 Å². The molecule has 0 aliphatic carbocycles. The highest BCUT2D eigenvalue weighted by molar-refractivity contribution is 8.18. The molecule has 0 spiro atoms. The van der Waals surface area contributed by atoms with Crippen molar-refractivity contribution in [2.75, 3.05) is 7.11 Å². The van der Waals surface area contributed by atoms with Gasteiger partial charge in [-0.25, -0.2) is 0 Å². The van der Waals surface area contributed by atoms with E-state index in [4.69, 9.17) is 27.9 Å². The molecule has 2 aromatic rings. The zero-order chi connectivity index (χ0) is 18.0. The molecular formula is C18H13Cl2NO3S. The van der Waals surface area contributed by atoms with E-state index >= 15 is 0 Å². The van der Waals surface area contributed by atoms with E-state index in [9.17, 15) is 9.59 Å². The number of methoxy groups -OCH3 is 1. The first kappa shape index (κ1) is 17.9. The number of para-hydroxylation sites is 1. The summed E-state index contributed by atoms with van der Waals surface area (Å²) in [5.74, 6) is 0.250. The molecule has 2 amide bonds. The highest BCUT2D eigenvalue weighted by atomic mass is 35.5. The molecule has 128 valence electrons. The molecule has 0 atom stereocenters. The summed E-state index contributed by atoms with van der Waals surface area (Å²) in [6.45, 7) is 0.0342. The summed E-state index contributed by atoms with van der Waals surface area (Å²) in [6.07, 6.45) is 1.65. The predicted molar refractivity (Wildman–Crippen MR) is 101 cm³/mol. The Bertz CT molecular complexity index is 862. The van der Waals surface area contributed by atoms with Crippen LogP contribution in [0, 0.1) is 0 Å². The lowest BCUT2D eigenvalue weighted by atomic mass is 10.1. The third-order valence-corrected chi connectivity index (χ3v) is 5.29. The monoisotopic (exact) mass is 393 g/mol. The number of rotatable bonds is 4. The average molecular weight is 394 g/mol. The molecule has 0 saturated carbocycles. The van der Waals surface area contributed by atoms with Gasteiger partial charge in [-0.1, -0.05) is 47.5 Å². The number of ether oxygens (including phenoxy) is 1. The van der Waals surface area contributed by atoms with Crippen molar-refractivity contribution in [1.82, 2.24) is 4.90 Å². The summed E-state index contributed by atoms with van der Waals surface area (Å²) in [5.41, 5.74) is 1.28. The third-order valence-electron chi connectivity index (χ3n) is 3.68. The standard InChI is InChI=1S/C18H13Cl2NO3S/c1-24-15-8-3-2-5-11(15)9-16-17(22)21(18(23)25-16)10-12-13(19)6-4-7-14(12)20/h2-9H,10H2,1H3/b16-9-. The Morgan fingerprint density at radius 3 is 2.44 bits per heavy atom. The number of carbonyl (C=O) groups is 2. The first-order valence-corrected chi connectivity index (χ1v) is 8.89. The zero-order valence-electron chi connectivity index (χ0n) is 13.2. The molecule has 4 nitrogen and oxygen atoms in total. The molecule has 0 unspecified atom stereocenters. The Hall–Kier alpha value is -1.95. The summed E-state index contributed by atoms with van der Waals surface area (Å²) < 4.78 is 5.27. The van der Waals surface area contributed by atoms with Crippen LogP contribution in [0.15, 0.2) is 47.4 Å². The fourth-order valence-electron chi connectivity index (χ4n) is 2.40. The molecule has 7 heteroatoms. The van der Waals surface area contributed by atoms with Gasteiger partial charge in [-0.15, -0.1) is 0 Å². The fourth-order valence-corrected chi connectivity index (χ4v) is 3.75. The van der Waals surface area contributed by atoms with Gasteiger partial charge in [-0.3, -0.25) is 14.5 Å². The highest BCUT2D eigenvalue weighted by Gasteiger charge is 2.35. The van der Waals surface area contributed by atoms with Gasteiger partial charge in [-0.05, 0) is 36.0 Å². The highest BCUT2D eigenvalue weighted by Crippen LogP contribution is 2.36. The van der Waals surface area contributed by atoms with Crippen molar-refractivity contribution in [1.29, 1.82) is 0 Å². The number of hydrogen-bond donors (Lipinski definition) is 0. The van der Waals surface area contributed by atoms with Crippen LogP contribution in [0.5, 0.6) is 5.75 Å². The second-order valence-corrected chi connectivity index (χ2v) is 7.02. The van der Waals surface area contributed by atoms with Gasteiger partial charge in [0.05, 0.1) is 18.6 Å². The summed E-state index contributed by atoms with van der Waals surface area (Å²) in [4.78, 5) is 26.4. The Labute approximate surface area is 159 Å². The lowest BCUT2D eigenvalue weighted by Crippen LogP contribution is -2.27. The molecular weight excluding hydrogens is 381 g/mol. The Morgan fingerprint density at radius 2 is 1.76 bits per heavy atom. The predicted octanol–water partition coefficient (Wildman–Crippen LogP) is 5.24. The van der Waals surface area contributed by atoms with E-state index in [1.807, 2.05) is 18.2 Å². The molecule has 3 rings (SSSR count). The maximum atomic E-state index is 12.6. The molecule has 1 aliphatic heterocycles. The molecule has 0 N–H and O–H groups in total. The second-order valence-electron chi connectivity index (χ2n) is 5.21. The van der Waals surface area contributed by atoms with Gasteiger partial charge in [0.2, 0.25) is 0 Å². The first-order chi connectivity index (χ1) is 12.0. The maximum Gasteiger partial charge on any atom is 0.293 e. The van der Waals surface area contributed by atoms with Crippen LogP contribution in [0.1, 0.15) is 11.1 Å². The van der Waals surface area contributed by atoms with Gasteiger partial charge in [0.15, 0.2) is 0 Å². The van der Waals surface area contributed by atoms with Crippen LogP contribution >= 0.6 is 35.0 Å². The van der Waals surface area contributed by atoms with Crippen LogP contribution < -0.4 is 4.74 Å². The normalized spacial score (nSPS) is 16.0. The molecule has 0 aromatic heterocycles. The van der Waals surface area contributed by atoms with Crippen molar-refractivity contribution in [3.05, 3.63) is 68.5 Å². The van der Waals surface area contributed by atoms with E-state index in [1.54, 1.807) is 37.5 Å². The van der Waals surface area contributed by atoms with E-state index in [-0.39, 0.29) is 17.7 Å². The van der Waals surface area contributed by atoms with Gasteiger partial charge in [0.1, 0.15) is 5.75 Å². The van der Waals surface area contributed by atoms with Crippen molar-refractivity contribution in [2.45, 2.75) is 6.54 Å². The van der Waals surface area contributed by atoms with Crippen LogP contribution in [0.3, 0.4) is 0 Å². The zero-order valence-corrected chi connectivity index (χ0v) is 15.5. The number of nitrogens with zero attached hydrogens (tertiary/aromatic N) is 1. The molecule has 25 heavy (non-hydrogen) atoms. The van der Waals surface area contributed by atoms with Gasteiger partial charge in [0.25, 0.3) is 11.1 Å². The van der Waals surface area contributed by atoms with Gasteiger partial charge in [0, 0.05) is 21.2 Å². The lowest BCUT2D eigenvalue weighted by Gasteiger charge is -2.14. The molecule has 1 aliphatic rings. The first-order valence-electron chi connectivity index (χ1n) is 7.32. The van der Waals surface area contributed by atoms with Gasteiger partial charge in [-0.2, -0.15) is 0 Å². The van der Waals surface area contributed by atoms with E-state index < -0.39 is 0 Å². The van der Waals surface area contributed by atoms with Crippen molar-refractivity contribution in [2.24, 2.45) is 0 Å². The SMILES string of the molecule is COc1ccccc1/C=C1\SC(=O)N(Cc2c(Cl)cccc2Cl)C1=O. The number of hydrogen-bond acceptors (Lipinski definition) is 4. The molecule has 0 radical (unpaired) electrons. The number of halogens is 2. The summed E-state index contributed by atoms with van der Waals surface area (Å²) in [6, 6.07) is 12.3. The molecule has 1 saturated heterocycles. The van der Waals surface area contributed by atoms with Crippen molar-refractivity contribution in [3.8, 4) is 5.75 Å². The van der Waals surface area contributed by atoms with E-state index in [2.05, 4.69) is 0 Å². The number of carbonyl (C=O) groups excluding carboxylic acids is 2. The number of imide groups is 1. The smallest absolute Gasteiger partial charge is 0.293 e. The van der Waals surface area contributed by atoms with Crippen molar-refractivity contribution >= 4 is 52.2 Å². The number of amides is 2. The molecule has 1 heterocycles. The minimum absolute atomic E-state index is 0.0342. The van der Waals surface area contributed by atoms with Crippen LogP contribution in [-0.2, 0) is 11.3 Å². The quantitative estimate of drug-likeness (QED) is 0.666. The van der Waals surface area contributed by atoms with E-state index in [0.717, 1.165) is 22.2 Å². The van der Waals surface area contributed by atoms with Crippen LogP contribution in [0.25, 0.3) is 6.08 Å². The fraction of sp³-hybridized carbons (Fsp3) is 0.111. The van der Waals surface area contributed by atoms with E-state index in [0.29, 0.717) is 26.3 Å². The minimum atomic E-state index is -0.378. The van der Waals surface area contributed by atoms with Gasteiger partial charge < -0.3 is 4.74 Å². The van der Waals surface area contributed by atoms with Crippen LogP contribution in [-0.4, -0.2) is 23.2 Å². The number of thioether (sulfide) groups is 1. The van der Waals surface area contributed by atoms with Gasteiger partial charge >= 0.3 is 0 Å². The molecule has 1 fully saturated rings. The number of benzene rings is 2. The second kappa shape index (κ2) is 7.52. The Morgan fingerprint density at radius 1 is 1.08 bits per heavy atom. The average Bonchev–Trinajstić information content (AvgIpc) is 2.85. The van der Waals surface area contributed by atoms with Crippen molar-refractivity contribution < 1.29 is 14.3 Å². The molecule has 2 aromatic carbocycles. The topological polar surface area (TPSA) is 46.6 Å². The lowest BCUT2D eigenvalue weighted by molar-refractivity contribution is -0.123. The maximum absolute atomic E-state index is 12.6. The largest absolute Gasteiger partial charge is 0.496 e. The summed E-state index contributed by atoms with van der Waals surface area (Å²) in [5, 5.41) is 0.475. The van der Waals surface area contributed by atoms with E-state index in [1.165, 1.54) is 0 Å². The Kier molecular flexibility index (Phi) is 5.37. The summed E-state index contributed by atoms with van der Waals surface area (Å²) >= 11 is 13.2. The van der Waals surface area contributed by atoms with Crippen molar-refractivity contribution in [3.63, 3.8) is 0 Å². The summed E-state index contributed by atoms with van der Waals surface area (Å²) in [7, 11) is 1.55. The minimum Gasteiger partial charge on any atom is -0.496 e. The Balaban J connectivity index is 1.89. The third kappa shape index (κ3) is 3.68. The molecule has 0 bridgehead atoms. The van der Waals surface area contributed by atoms with Crippen LogP contribution in [0.4, 0.5) is 4.79 Å².